The maximum atomic E-state index is 15.0. The van der Waals surface area contributed by atoms with Crippen molar-refractivity contribution in [2.24, 2.45) is 46.3 Å². The topological polar surface area (TPSA) is 328 Å². The molecule has 4 heterocycles. The monoisotopic (exact) mass is 2100 g/mol. The van der Waals surface area contributed by atoms with E-state index in [9.17, 15) is 38.1 Å². The first-order chi connectivity index (χ1) is 65.9. The van der Waals surface area contributed by atoms with Gasteiger partial charge in [0.25, 0.3) is 17.5 Å². The van der Waals surface area contributed by atoms with Crippen LogP contribution in [0.15, 0.2) is 188 Å². The minimum Gasteiger partial charge on any atom is -0.495 e. The molecule has 0 radical (unpaired) electrons. The third-order valence-electron chi connectivity index (χ3n) is 24.6. The molecule has 13 rings (SSSR count). The van der Waals surface area contributed by atoms with Gasteiger partial charge < -0.3 is 58.0 Å². The van der Waals surface area contributed by atoms with E-state index in [1.165, 1.54) is 27.1 Å². The molecule has 2 fully saturated rings. The number of aromatic carboxylic acids is 1. The van der Waals surface area contributed by atoms with Gasteiger partial charge in [-0.15, -0.1) is 13.2 Å². The lowest BCUT2D eigenvalue weighted by Crippen LogP contribution is -2.49. The number of ether oxygens (including phenoxy) is 7. The van der Waals surface area contributed by atoms with Crippen LogP contribution < -0.4 is 43.2 Å². The van der Waals surface area contributed by atoms with E-state index in [-0.39, 0.29) is 128 Å². The molecular weight excluding hydrogens is 1990 g/mol. The number of nitrogens with one attached hydrogen (secondary N) is 5. The number of esters is 2. The normalized spacial score (nSPS) is 17.4. The Labute approximate surface area is 838 Å². The van der Waals surface area contributed by atoms with E-state index in [1.54, 1.807) is 127 Å². The molecule has 33 heteroatoms. The van der Waals surface area contributed by atoms with Crippen molar-refractivity contribution in [1.82, 2.24) is 34.1 Å². The predicted molar refractivity (Wildman–Crippen MR) is 549 cm³/mol. The average Bonchev–Trinajstić information content (AvgIpc) is 1.58. The molecule has 0 bridgehead atoms. The summed E-state index contributed by atoms with van der Waals surface area (Å²) in [5.41, 5.74) is 4.68. The number of benzene rings is 7. The van der Waals surface area contributed by atoms with Crippen LogP contribution in [0.2, 0.25) is 0 Å². The van der Waals surface area contributed by atoms with Crippen molar-refractivity contribution in [3.05, 3.63) is 240 Å². The highest BCUT2D eigenvalue weighted by atomic mass is 79.9. The number of fused-ring (bicyclic) bond motifs is 2. The van der Waals surface area contributed by atoms with Gasteiger partial charge in [-0.3, -0.25) is 24.5 Å². The van der Waals surface area contributed by atoms with E-state index < -0.39 is 53.4 Å². The van der Waals surface area contributed by atoms with Crippen LogP contribution in [0.5, 0.6) is 34.6 Å². The van der Waals surface area contributed by atoms with E-state index in [0.717, 1.165) is 102 Å². The van der Waals surface area contributed by atoms with Crippen LogP contribution in [0, 0.1) is 73.3 Å². The van der Waals surface area contributed by atoms with E-state index in [0.29, 0.717) is 97.0 Å². The van der Waals surface area contributed by atoms with Gasteiger partial charge in [0.1, 0.15) is 58.0 Å². The molecule has 4 aromatic heterocycles. The number of unbranched alkanes of at least 4 members (excludes halogenated alkanes) is 4. The zero-order valence-electron chi connectivity index (χ0n) is 80.3. The number of aromatic nitrogens is 6. The first-order valence-corrected chi connectivity index (χ1v) is 50.4. The molecule has 6 atom stereocenters. The van der Waals surface area contributed by atoms with Crippen molar-refractivity contribution in [2.45, 2.75) is 202 Å². The summed E-state index contributed by atoms with van der Waals surface area (Å²) in [5, 5.41) is 22.8. The maximum absolute atomic E-state index is 15.0. The number of methoxy groups -OCH3 is 1. The fourth-order valence-corrected chi connectivity index (χ4v) is 21.0. The lowest BCUT2D eigenvalue weighted by Gasteiger charge is -2.50. The number of carbonyl (C=O) groups is 6. The van der Waals surface area contributed by atoms with Gasteiger partial charge in [-0.2, -0.15) is 4.21 Å². The SMILES string of the molecule is [C-]#[N+]c1c(C(=O)OC2C(C(C)(C)C)CC(C)CC2C(C)(C)C)c2nc(-c3ccc(OCCCC)c(NC(=O)c4ccccc4OCc4ccc(NS(=O)Oc5cc(Br)c(Br)cc5Br)cc4)c3)[nH]n2c1OC(=O)N(CC=C)CC=C.[C-]#[N+]c1c(C(=O)OC2C(C)CC(C)CC2C)c2nc(-c3ccc(OC)c(NC(=O)C(CCCCCC)Oc4ccc(C)cc4C)c3)[nH]n2c1Sc1ccccc1C(=O)O. The second kappa shape index (κ2) is 47.0. The zero-order valence-corrected chi connectivity index (χ0v) is 86.7. The summed E-state index contributed by atoms with van der Waals surface area (Å²) in [6.07, 6.45) is 10.3. The Morgan fingerprint density at radius 1 is 0.638 bits per heavy atom. The largest absolute Gasteiger partial charge is 0.495 e. The number of para-hydroxylation sites is 1. The first kappa shape index (κ1) is 105. The van der Waals surface area contributed by atoms with Crippen molar-refractivity contribution in [3.63, 3.8) is 0 Å². The molecule has 2 aliphatic rings. The Morgan fingerprint density at radius 2 is 1.20 bits per heavy atom. The first-order valence-electron chi connectivity index (χ1n) is 46.2. The Kier molecular flexibility index (Phi) is 35.7. The van der Waals surface area contributed by atoms with E-state index in [1.807, 2.05) is 39.0 Å². The lowest BCUT2D eigenvalue weighted by atomic mass is 9.59. The van der Waals surface area contributed by atoms with Gasteiger partial charge in [0.15, 0.2) is 34.8 Å². The highest BCUT2D eigenvalue weighted by Crippen LogP contribution is 2.52. The second-order valence-corrected chi connectivity index (χ2v) is 41.8. The number of aromatic amines is 2. The minimum absolute atomic E-state index is 0.000166. The molecule has 0 saturated heterocycles. The molecule has 2 saturated carbocycles. The quantitative estimate of drug-likeness (QED) is 0.00692. The number of aryl methyl sites for hydroxylation is 2. The molecule has 11 aromatic rings. The summed E-state index contributed by atoms with van der Waals surface area (Å²) in [4.78, 5) is 103. The van der Waals surface area contributed by atoms with Crippen molar-refractivity contribution in [1.29, 1.82) is 0 Å². The number of hydrogen-bond donors (Lipinski definition) is 6. The van der Waals surface area contributed by atoms with Crippen molar-refractivity contribution < 1.29 is 75.4 Å². The van der Waals surface area contributed by atoms with Crippen LogP contribution in [0.25, 0.3) is 43.8 Å². The molecule has 3 amide bonds. The molecule has 28 nitrogen and oxygen atoms in total. The summed E-state index contributed by atoms with van der Waals surface area (Å²) in [6, 6.07) is 40.2. The molecule has 0 spiro atoms. The lowest BCUT2D eigenvalue weighted by molar-refractivity contribution is -0.123. The number of rotatable bonds is 37. The average molecular weight is 2110 g/mol. The van der Waals surface area contributed by atoms with Crippen LogP contribution >= 0.6 is 59.6 Å². The number of H-pyrrole nitrogens is 2. The van der Waals surface area contributed by atoms with Crippen molar-refractivity contribution in [3.8, 4) is 57.4 Å². The highest BCUT2D eigenvalue weighted by Gasteiger charge is 2.49. The number of carboxylic acids is 1. The summed E-state index contributed by atoms with van der Waals surface area (Å²) >= 11 is 9.44. The molecule has 138 heavy (non-hydrogen) atoms. The van der Waals surface area contributed by atoms with E-state index in [4.69, 9.17) is 60.5 Å². The van der Waals surface area contributed by atoms with Crippen LogP contribution in [0.3, 0.4) is 0 Å². The molecular formula is C105H119Br3N12O16S2. The van der Waals surface area contributed by atoms with Crippen molar-refractivity contribution in [2.75, 3.05) is 42.2 Å². The van der Waals surface area contributed by atoms with Gasteiger partial charge in [-0.05, 0) is 243 Å². The fourth-order valence-electron chi connectivity index (χ4n) is 17.7. The van der Waals surface area contributed by atoms with E-state index >= 15 is 0 Å². The number of carbonyl (C=O) groups excluding carboxylic acids is 5. The van der Waals surface area contributed by atoms with Gasteiger partial charge in [0.2, 0.25) is 11.6 Å². The van der Waals surface area contributed by atoms with Crippen LogP contribution in [-0.4, -0.2) is 124 Å². The molecule has 0 aliphatic heterocycles. The number of carboxylic acid groups (broad SMARTS) is 1. The summed E-state index contributed by atoms with van der Waals surface area (Å²) < 4.78 is 69.7. The Hall–Kier alpha value is -12.1. The standard InChI is InChI=1S/C59H66Br3N7O9S.C46H53N5O7S/c1-12-15-28-74-47-25-22-37(31-45(47)64-54(70)39-18-16-17-19-46(39)75-34-36-20-23-38(24-21-36)67-79(73)78-48-33-43(61)42(60)32-44(48)62)52-65-53-49(50(63-11)55(69(53)66-52)77-57(72)68(26-13-2)27-14-3)56(71)76-51-40(58(5,6)7)29-35(4)30-41(51)59(8,9)10;1-9-10-11-12-16-36(57-34-20-18-26(2)22-28(34)4)43(52)48-33-25-31(19-21-35(33)56-8)41-49-42-38(46(55)58-40-29(5)23-27(3)24-30(40)6)39(47-7)44(51(42)50-41)59-37-17-14-13-15-32(37)45(53)54/h13-14,16-25,31-33,35,40-41,51,67H,2-3,12,15,26-30,34H2,1,4-10H3,(H,64,70)(H,65,66);13-15,17-22,25,27,29-30,36,40H,9-12,16,23-24H2,1-6,8H3,(H,48,52)(H,49,50)(H,53,54). The Balaban J connectivity index is 0.000000258. The smallest absolute Gasteiger partial charge is 0.416 e. The minimum atomic E-state index is -1.91. The van der Waals surface area contributed by atoms with Gasteiger partial charge in [-0.25, -0.2) is 47.9 Å². The van der Waals surface area contributed by atoms with Crippen LogP contribution in [0.4, 0.5) is 33.2 Å². The number of hydrogen-bond acceptors (Lipinski definition) is 18. The molecule has 2 aliphatic carbocycles. The van der Waals surface area contributed by atoms with E-state index in [2.05, 4.69) is 172 Å². The fraction of sp³-hybridized carbons (Fsp3) is 0.390. The van der Waals surface area contributed by atoms with Crippen LogP contribution in [0.1, 0.15) is 212 Å². The number of amides is 3. The Bertz CT molecular complexity index is 6370. The van der Waals surface area contributed by atoms with Crippen molar-refractivity contribution >= 4 is 146 Å². The second-order valence-electron chi connectivity index (χ2n) is 37.4. The maximum Gasteiger partial charge on any atom is 0.416 e. The molecule has 6 unspecified atom stereocenters. The predicted octanol–water partition coefficient (Wildman–Crippen LogP) is 26.6. The van der Waals surface area contributed by atoms with Gasteiger partial charge >= 0.3 is 35.3 Å². The van der Waals surface area contributed by atoms with Crippen LogP contribution in [-0.2, 0) is 32.1 Å². The summed E-state index contributed by atoms with van der Waals surface area (Å²) in [7, 11) is 1.52. The third-order valence-corrected chi connectivity index (χ3v) is 29.0. The molecule has 6 N–H and O–H groups in total. The van der Waals surface area contributed by atoms with Gasteiger partial charge in [-0.1, -0.05) is 187 Å². The number of halogens is 3. The zero-order chi connectivity index (χ0) is 99.7. The molecule has 728 valence electrons. The summed E-state index contributed by atoms with van der Waals surface area (Å²) in [5.74, 6) is 0.201. The third kappa shape index (κ3) is 25.5. The highest BCUT2D eigenvalue weighted by molar-refractivity contribution is 9.13. The molecule has 7 aromatic carbocycles. The van der Waals surface area contributed by atoms with Gasteiger partial charge in [0.05, 0.1) is 53.8 Å². The Morgan fingerprint density at radius 3 is 1.80 bits per heavy atom. The number of anilines is 3. The van der Waals surface area contributed by atoms with Gasteiger partial charge in [0, 0.05) is 55.6 Å². The summed E-state index contributed by atoms with van der Waals surface area (Å²) in [6.45, 7) is 54.6. The number of nitrogens with zero attached hydrogens (tertiary/aromatic N) is 7.